The Kier molecular flexibility index (Phi) is 8.34. The lowest BCUT2D eigenvalue weighted by molar-refractivity contribution is -0.136. The van der Waals surface area contributed by atoms with Gasteiger partial charge in [0.25, 0.3) is 5.91 Å². The molecule has 0 spiro atoms. The van der Waals surface area contributed by atoms with Crippen LogP contribution in [0, 0.1) is 6.92 Å². The van der Waals surface area contributed by atoms with Gasteiger partial charge in [0, 0.05) is 11.4 Å². The number of aryl methyl sites for hydroxylation is 1. The van der Waals surface area contributed by atoms with Crippen LogP contribution in [0.25, 0.3) is 0 Å². The van der Waals surface area contributed by atoms with E-state index in [1.807, 2.05) is 31.2 Å². The number of ether oxygens (including phenoxy) is 2. The summed E-state index contributed by atoms with van der Waals surface area (Å²) >= 11 is 0. The third-order valence-corrected chi connectivity index (χ3v) is 4.50. The second-order valence-electron chi connectivity index (χ2n) is 7.16. The van der Waals surface area contributed by atoms with Crippen LogP contribution in [0.5, 0.6) is 11.5 Å². The molecule has 3 amide bonds. The van der Waals surface area contributed by atoms with Gasteiger partial charge in [0.2, 0.25) is 0 Å². The maximum Gasteiger partial charge on any atom is 0.329 e. The molecule has 174 valence electrons. The predicted molar refractivity (Wildman–Crippen MR) is 129 cm³/mol. The number of benzene rings is 3. The van der Waals surface area contributed by atoms with E-state index in [0.29, 0.717) is 28.4 Å². The molecule has 0 radical (unpaired) electrons. The number of nitrogens with one attached hydrogen (secondary N) is 3. The fraction of sp³-hybridized carbons (Fsp3) is 0.120. The molecule has 0 aromatic heterocycles. The van der Waals surface area contributed by atoms with Gasteiger partial charge in [-0.15, -0.1) is 0 Å². The number of nitrogens with zero attached hydrogens (tertiary/aromatic N) is 1. The van der Waals surface area contributed by atoms with Crippen LogP contribution in [0.4, 0.5) is 11.4 Å². The van der Waals surface area contributed by atoms with Crippen molar-refractivity contribution in [2.45, 2.75) is 6.92 Å². The van der Waals surface area contributed by atoms with Gasteiger partial charge in [0.15, 0.2) is 6.61 Å². The van der Waals surface area contributed by atoms with Gasteiger partial charge < -0.3 is 20.1 Å². The standard InChI is InChI=1S/C25H24N4O5/c1-17-6-8-19(9-7-17)27-23(30)16-34-22-5-3-4-18(14-22)15-26-29-25(32)24(31)28-20-10-12-21(33-2)13-11-20/h3-15H,16H2,1-2H3,(H,27,30)(H,28,31)(H,29,32)/b26-15-. The molecule has 0 aliphatic heterocycles. The Morgan fingerprint density at radius 1 is 0.853 bits per heavy atom. The Balaban J connectivity index is 1.46. The molecule has 0 aliphatic rings. The van der Waals surface area contributed by atoms with Crippen molar-refractivity contribution >= 4 is 35.3 Å². The number of anilines is 2. The number of hydrogen-bond acceptors (Lipinski definition) is 6. The van der Waals surface area contributed by atoms with Gasteiger partial charge in [-0.1, -0.05) is 29.8 Å². The number of rotatable bonds is 8. The van der Waals surface area contributed by atoms with E-state index in [4.69, 9.17) is 9.47 Å². The molecule has 9 nitrogen and oxygen atoms in total. The SMILES string of the molecule is COc1ccc(NC(=O)C(=O)N/N=C\c2cccc(OCC(=O)Nc3ccc(C)cc3)c2)cc1. The van der Waals surface area contributed by atoms with Crippen molar-refractivity contribution in [3.63, 3.8) is 0 Å². The first-order valence-corrected chi connectivity index (χ1v) is 10.3. The first kappa shape index (κ1) is 24.0. The van der Waals surface area contributed by atoms with Crippen molar-refractivity contribution < 1.29 is 23.9 Å². The quantitative estimate of drug-likeness (QED) is 0.271. The van der Waals surface area contributed by atoms with Crippen LogP contribution in [0.15, 0.2) is 77.9 Å². The second-order valence-corrected chi connectivity index (χ2v) is 7.16. The molecule has 34 heavy (non-hydrogen) atoms. The third-order valence-electron chi connectivity index (χ3n) is 4.50. The minimum Gasteiger partial charge on any atom is -0.497 e. The zero-order valence-electron chi connectivity index (χ0n) is 18.7. The lowest BCUT2D eigenvalue weighted by atomic mass is 10.2. The molecule has 3 aromatic rings. The Labute approximate surface area is 196 Å². The first-order valence-electron chi connectivity index (χ1n) is 10.3. The fourth-order valence-corrected chi connectivity index (χ4v) is 2.75. The second kappa shape index (κ2) is 11.8. The van der Waals surface area contributed by atoms with Crippen LogP contribution in [0.1, 0.15) is 11.1 Å². The summed E-state index contributed by atoms with van der Waals surface area (Å²) in [5.74, 6) is -0.999. The summed E-state index contributed by atoms with van der Waals surface area (Å²) in [6, 6.07) is 20.8. The van der Waals surface area contributed by atoms with Crippen molar-refractivity contribution in [1.29, 1.82) is 0 Å². The normalized spacial score (nSPS) is 10.4. The molecule has 0 saturated carbocycles. The van der Waals surface area contributed by atoms with E-state index in [9.17, 15) is 14.4 Å². The van der Waals surface area contributed by atoms with Crippen molar-refractivity contribution in [3.05, 3.63) is 83.9 Å². The molecular formula is C25H24N4O5. The topological polar surface area (TPSA) is 118 Å². The maximum atomic E-state index is 12.1. The summed E-state index contributed by atoms with van der Waals surface area (Å²) in [5.41, 5.74) is 5.00. The maximum absolute atomic E-state index is 12.1. The van der Waals surface area contributed by atoms with Crippen molar-refractivity contribution in [3.8, 4) is 11.5 Å². The first-order chi connectivity index (χ1) is 16.4. The zero-order chi connectivity index (χ0) is 24.3. The van der Waals surface area contributed by atoms with Gasteiger partial charge in [-0.25, -0.2) is 5.43 Å². The summed E-state index contributed by atoms with van der Waals surface area (Å²) in [7, 11) is 1.53. The minimum absolute atomic E-state index is 0.170. The molecule has 0 saturated heterocycles. The molecule has 0 atom stereocenters. The molecule has 3 aromatic carbocycles. The summed E-state index contributed by atoms with van der Waals surface area (Å²) in [6.07, 6.45) is 1.36. The monoisotopic (exact) mass is 460 g/mol. The Morgan fingerprint density at radius 2 is 1.53 bits per heavy atom. The Bertz CT molecular complexity index is 1170. The van der Waals surface area contributed by atoms with Gasteiger partial charge >= 0.3 is 11.8 Å². The third kappa shape index (κ3) is 7.49. The van der Waals surface area contributed by atoms with Gasteiger partial charge in [-0.3, -0.25) is 14.4 Å². The minimum atomic E-state index is -0.924. The van der Waals surface area contributed by atoms with E-state index in [1.165, 1.54) is 13.3 Å². The highest BCUT2D eigenvalue weighted by molar-refractivity contribution is 6.39. The van der Waals surface area contributed by atoms with Crippen LogP contribution < -0.4 is 25.5 Å². The highest BCUT2D eigenvalue weighted by Gasteiger charge is 2.12. The van der Waals surface area contributed by atoms with Crippen LogP contribution in [0.3, 0.4) is 0 Å². The molecule has 0 aliphatic carbocycles. The molecule has 3 N–H and O–H groups in total. The highest BCUT2D eigenvalue weighted by atomic mass is 16.5. The molecule has 0 fully saturated rings. The largest absolute Gasteiger partial charge is 0.497 e. The lowest BCUT2D eigenvalue weighted by Gasteiger charge is -2.08. The van der Waals surface area contributed by atoms with Crippen LogP contribution in [-0.4, -0.2) is 37.7 Å². The number of carbonyl (C=O) groups excluding carboxylic acids is 3. The number of amides is 3. The lowest BCUT2D eigenvalue weighted by Crippen LogP contribution is -2.32. The number of carbonyl (C=O) groups is 3. The van der Waals surface area contributed by atoms with Crippen LogP contribution in [0.2, 0.25) is 0 Å². The van der Waals surface area contributed by atoms with E-state index in [2.05, 4.69) is 21.2 Å². The summed E-state index contributed by atoms with van der Waals surface area (Å²) in [4.78, 5) is 36.0. The molecular weight excluding hydrogens is 436 g/mol. The van der Waals surface area contributed by atoms with Gasteiger partial charge in [0.1, 0.15) is 11.5 Å². The molecule has 0 unspecified atom stereocenters. The van der Waals surface area contributed by atoms with E-state index >= 15 is 0 Å². The van der Waals surface area contributed by atoms with E-state index in [-0.39, 0.29) is 12.5 Å². The molecule has 3 rings (SSSR count). The van der Waals surface area contributed by atoms with Gasteiger partial charge in [0.05, 0.1) is 13.3 Å². The fourth-order valence-electron chi connectivity index (χ4n) is 2.75. The Morgan fingerprint density at radius 3 is 2.24 bits per heavy atom. The zero-order valence-corrected chi connectivity index (χ0v) is 18.7. The molecule has 0 heterocycles. The highest BCUT2D eigenvalue weighted by Crippen LogP contribution is 2.15. The van der Waals surface area contributed by atoms with Crippen molar-refractivity contribution in [1.82, 2.24) is 5.43 Å². The van der Waals surface area contributed by atoms with Crippen LogP contribution >= 0.6 is 0 Å². The summed E-state index contributed by atoms with van der Waals surface area (Å²) < 4.78 is 10.6. The van der Waals surface area contributed by atoms with E-state index in [0.717, 1.165) is 5.56 Å². The average molecular weight is 460 g/mol. The molecule has 0 bridgehead atoms. The summed E-state index contributed by atoms with van der Waals surface area (Å²) in [5, 5.41) is 9.00. The predicted octanol–water partition coefficient (Wildman–Crippen LogP) is 3.11. The number of hydrazone groups is 1. The summed E-state index contributed by atoms with van der Waals surface area (Å²) in [6.45, 7) is 1.80. The van der Waals surface area contributed by atoms with Gasteiger partial charge in [-0.05, 0) is 61.0 Å². The van der Waals surface area contributed by atoms with Crippen molar-refractivity contribution in [2.75, 3.05) is 24.4 Å². The van der Waals surface area contributed by atoms with Crippen LogP contribution in [-0.2, 0) is 14.4 Å². The molecule has 9 heteroatoms. The number of methoxy groups -OCH3 is 1. The smallest absolute Gasteiger partial charge is 0.329 e. The van der Waals surface area contributed by atoms with E-state index < -0.39 is 11.8 Å². The van der Waals surface area contributed by atoms with E-state index in [1.54, 1.807) is 48.5 Å². The van der Waals surface area contributed by atoms with Gasteiger partial charge in [-0.2, -0.15) is 5.10 Å². The van der Waals surface area contributed by atoms with Crippen molar-refractivity contribution in [2.24, 2.45) is 5.10 Å². The number of hydrogen-bond donors (Lipinski definition) is 3. The Hall–Kier alpha value is -4.66. The average Bonchev–Trinajstić information content (AvgIpc) is 2.85.